The third kappa shape index (κ3) is 4.16. The Hall–Kier alpha value is -2.77. The maximum absolute atomic E-state index is 11.9. The van der Waals surface area contributed by atoms with E-state index in [1.165, 1.54) is 0 Å². The lowest BCUT2D eigenvalue weighted by atomic mass is 10.0. The lowest BCUT2D eigenvalue weighted by Gasteiger charge is -2.35. The average molecular weight is 393 g/mol. The highest BCUT2D eigenvalue weighted by atomic mass is 16.5. The van der Waals surface area contributed by atoms with Crippen LogP contribution in [0.25, 0.3) is 22.0 Å². The van der Waals surface area contributed by atoms with Crippen molar-refractivity contribution in [2.75, 3.05) is 19.7 Å². The standard InChI is InChI=1S/C22H27N5O2/c1-14(2)21-13-27(6-7-29-21)11-15-4-5-17-18(16-10-24-26(3)12-16)9-20(22(23)28)25-19(17)8-15/h4-5,8-10,12,14,21H,6-7,11,13H2,1-3H3,(H2,23,28). The molecule has 29 heavy (non-hydrogen) atoms. The highest BCUT2D eigenvalue weighted by Gasteiger charge is 2.23. The van der Waals surface area contributed by atoms with Crippen LogP contribution < -0.4 is 5.73 Å². The molecule has 0 aliphatic carbocycles. The van der Waals surface area contributed by atoms with Crippen molar-refractivity contribution in [1.82, 2.24) is 19.7 Å². The first-order chi connectivity index (χ1) is 13.9. The van der Waals surface area contributed by atoms with Crippen molar-refractivity contribution in [3.05, 3.63) is 47.9 Å². The number of morpholine rings is 1. The molecule has 1 amide bonds. The van der Waals surface area contributed by atoms with E-state index in [2.05, 4.69) is 47.0 Å². The van der Waals surface area contributed by atoms with E-state index < -0.39 is 5.91 Å². The third-order valence-electron chi connectivity index (χ3n) is 5.47. The van der Waals surface area contributed by atoms with Gasteiger partial charge in [0.05, 0.1) is 24.4 Å². The molecule has 2 aromatic heterocycles. The van der Waals surface area contributed by atoms with Crippen molar-refractivity contribution in [1.29, 1.82) is 0 Å². The zero-order valence-corrected chi connectivity index (χ0v) is 17.1. The maximum Gasteiger partial charge on any atom is 0.267 e. The zero-order chi connectivity index (χ0) is 20.5. The van der Waals surface area contributed by atoms with Gasteiger partial charge >= 0.3 is 0 Å². The fraction of sp³-hybridized carbons (Fsp3) is 0.409. The Bertz CT molecular complexity index is 1040. The molecular weight excluding hydrogens is 366 g/mol. The van der Waals surface area contributed by atoms with Crippen LogP contribution in [0.4, 0.5) is 0 Å². The predicted octanol–water partition coefficient (Wildman–Crippen LogP) is 2.59. The summed E-state index contributed by atoms with van der Waals surface area (Å²) >= 11 is 0. The minimum Gasteiger partial charge on any atom is -0.375 e. The highest BCUT2D eigenvalue weighted by molar-refractivity contribution is 6.00. The Morgan fingerprint density at radius 3 is 2.86 bits per heavy atom. The van der Waals surface area contributed by atoms with Gasteiger partial charge in [0.15, 0.2) is 0 Å². The maximum atomic E-state index is 11.9. The first-order valence-electron chi connectivity index (χ1n) is 9.97. The van der Waals surface area contributed by atoms with Gasteiger partial charge in [0.2, 0.25) is 0 Å². The molecule has 1 aromatic carbocycles. The first-order valence-corrected chi connectivity index (χ1v) is 9.97. The Morgan fingerprint density at radius 1 is 1.34 bits per heavy atom. The van der Waals surface area contributed by atoms with Crippen LogP contribution in [0.15, 0.2) is 36.7 Å². The van der Waals surface area contributed by atoms with Gasteiger partial charge in [-0.2, -0.15) is 5.10 Å². The van der Waals surface area contributed by atoms with E-state index >= 15 is 0 Å². The van der Waals surface area contributed by atoms with Crippen molar-refractivity contribution in [3.63, 3.8) is 0 Å². The second-order valence-electron chi connectivity index (χ2n) is 8.06. The van der Waals surface area contributed by atoms with Crippen LogP contribution >= 0.6 is 0 Å². The summed E-state index contributed by atoms with van der Waals surface area (Å²) in [5, 5.41) is 5.23. The Kier molecular flexibility index (Phi) is 5.34. The van der Waals surface area contributed by atoms with Crippen LogP contribution in [-0.4, -0.2) is 51.4 Å². The summed E-state index contributed by atoms with van der Waals surface area (Å²) in [4.78, 5) is 18.8. The molecule has 2 N–H and O–H groups in total. The van der Waals surface area contributed by atoms with E-state index in [0.29, 0.717) is 5.92 Å². The quantitative estimate of drug-likeness (QED) is 0.720. The summed E-state index contributed by atoms with van der Waals surface area (Å²) in [6.07, 6.45) is 3.97. The van der Waals surface area contributed by atoms with Crippen molar-refractivity contribution in [3.8, 4) is 11.1 Å². The van der Waals surface area contributed by atoms with Crippen LogP contribution in [-0.2, 0) is 18.3 Å². The first kappa shape index (κ1) is 19.5. The third-order valence-corrected chi connectivity index (χ3v) is 5.47. The molecule has 3 aromatic rings. The zero-order valence-electron chi connectivity index (χ0n) is 17.1. The normalized spacial score (nSPS) is 17.9. The van der Waals surface area contributed by atoms with Gasteiger partial charge in [0.1, 0.15) is 5.69 Å². The van der Waals surface area contributed by atoms with Crippen LogP contribution in [0.1, 0.15) is 29.9 Å². The molecule has 1 aliphatic rings. The van der Waals surface area contributed by atoms with E-state index in [4.69, 9.17) is 10.5 Å². The Balaban J connectivity index is 1.69. The Labute approximate surface area is 170 Å². The molecule has 7 heteroatoms. The second kappa shape index (κ2) is 7.93. The molecule has 4 rings (SSSR count). The SMILES string of the molecule is CC(C)C1CN(Cc2ccc3c(-c4cnn(C)c4)cc(C(N)=O)nc3c2)CCO1. The van der Waals surface area contributed by atoms with Gasteiger partial charge in [0, 0.05) is 43.8 Å². The topological polar surface area (TPSA) is 86.3 Å². The number of carbonyl (C=O) groups is 1. The number of primary amides is 1. The number of carbonyl (C=O) groups excluding carboxylic acids is 1. The molecule has 0 saturated carbocycles. The number of nitrogens with two attached hydrogens (primary N) is 1. The van der Waals surface area contributed by atoms with Gasteiger partial charge in [0.25, 0.3) is 5.91 Å². The Morgan fingerprint density at radius 2 is 2.17 bits per heavy atom. The molecule has 0 radical (unpaired) electrons. The molecule has 0 bridgehead atoms. The fourth-order valence-electron chi connectivity index (χ4n) is 3.83. The van der Waals surface area contributed by atoms with Gasteiger partial charge in [-0.25, -0.2) is 4.98 Å². The van der Waals surface area contributed by atoms with E-state index in [-0.39, 0.29) is 11.8 Å². The van der Waals surface area contributed by atoms with E-state index in [1.807, 2.05) is 13.2 Å². The number of hydrogen-bond acceptors (Lipinski definition) is 5. The van der Waals surface area contributed by atoms with Crippen LogP contribution in [0.5, 0.6) is 0 Å². The molecule has 1 aliphatic heterocycles. The van der Waals surface area contributed by atoms with Gasteiger partial charge in [-0.1, -0.05) is 26.0 Å². The molecule has 0 spiro atoms. The summed E-state index contributed by atoms with van der Waals surface area (Å²) in [5.74, 6) is -0.0355. The minimum atomic E-state index is -0.532. The number of amides is 1. The van der Waals surface area contributed by atoms with E-state index in [1.54, 1.807) is 16.9 Å². The molecule has 1 atom stereocenters. The number of fused-ring (bicyclic) bond motifs is 1. The highest BCUT2D eigenvalue weighted by Crippen LogP contribution is 2.29. The second-order valence-corrected chi connectivity index (χ2v) is 8.06. The van der Waals surface area contributed by atoms with Crippen molar-refractivity contribution in [2.24, 2.45) is 18.7 Å². The molecule has 1 saturated heterocycles. The van der Waals surface area contributed by atoms with E-state index in [0.717, 1.165) is 53.8 Å². The molecule has 1 unspecified atom stereocenters. The summed E-state index contributed by atoms with van der Waals surface area (Å²) in [5.41, 5.74) is 9.58. The number of hydrogen-bond donors (Lipinski definition) is 1. The number of ether oxygens (including phenoxy) is 1. The number of aryl methyl sites for hydroxylation is 1. The van der Waals surface area contributed by atoms with Crippen molar-refractivity contribution >= 4 is 16.8 Å². The molecular formula is C22H27N5O2. The summed E-state index contributed by atoms with van der Waals surface area (Å²) < 4.78 is 7.61. The van der Waals surface area contributed by atoms with Crippen LogP contribution in [0, 0.1) is 5.92 Å². The van der Waals surface area contributed by atoms with Crippen LogP contribution in [0.2, 0.25) is 0 Å². The number of nitrogens with zero attached hydrogens (tertiary/aromatic N) is 4. The summed E-state index contributed by atoms with van der Waals surface area (Å²) in [7, 11) is 1.87. The number of rotatable bonds is 5. The molecule has 1 fully saturated rings. The number of aromatic nitrogens is 3. The van der Waals surface area contributed by atoms with Crippen molar-refractivity contribution < 1.29 is 9.53 Å². The van der Waals surface area contributed by atoms with Gasteiger partial charge in [-0.05, 0) is 29.2 Å². The number of benzene rings is 1. The smallest absolute Gasteiger partial charge is 0.267 e. The average Bonchev–Trinajstić information content (AvgIpc) is 3.13. The largest absolute Gasteiger partial charge is 0.375 e. The van der Waals surface area contributed by atoms with Gasteiger partial charge in [-0.15, -0.1) is 0 Å². The molecule has 152 valence electrons. The van der Waals surface area contributed by atoms with Gasteiger partial charge in [-0.3, -0.25) is 14.4 Å². The van der Waals surface area contributed by atoms with Crippen LogP contribution in [0.3, 0.4) is 0 Å². The minimum absolute atomic E-state index is 0.264. The van der Waals surface area contributed by atoms with Gasteiger partial charge < -0.3 is 10.5 Å². The monoisotopic (exact) mass is 393 g/mol. The van der Waals surface area contributed by atoms with E-state index in [9.17, 15) is 4.79 Å². The van der Waals surface area contributed by atoms with Crippen molar-refractivity contribution in [2.45, 2.75) is 26.5 Å². The molecule has 7 nitrogen and oxygen atoms in total. The lowest BCUT2D eigenvalue weighted by Crippen LogP contribution is -2.44. The molecule has 3 heterocycles. The lowest BCUT2D eigenvalue weighted by molar-refractivity contribution is -0.0529. The number of pyridine rings is 1. The predicted molar refractivity (Wildman–Crippen MR) is 112 cm³/mol. The summed E-state index contributed by atoms with van der Waals surface area (Å²) in [6, 6.07) is 8.01. The fourth-order valence-corrected chi connectivity index (χ4v) is 3.83. The summed E-state index contributed by atoms with van der Waals surface area (Å²) in [6.45, 7) is 7.81.